The van der Waals surface area contributed by atoms with Crippen molar-refractivity contribution in [3.05, 3.63) is 44.8 Å². The van der Waals surface area contributed by atoms with Crippen LogP contribution in [0.15, 0.2) is 24.3 Å². The number of halogens is 1. The molecule has 0 amide bonds. The van der Waals surface area contributed by atoms with E-state index in [0.717, 1.165) is 6.42 Å². The molecule has 1 aromatic carbocycles. The molecular weight excluding hydrogens is 371 g/mol. The summed E-state index contributed by atoms with van der Waals surface area (Å²) in [5.41, 5.74) is 5.79. The van der Waals surface area contributed by atoms with E-state index in [4.69, 9.17) is 5.10 Å². The lowest BCUT2D eigenvalue weighted by molar-refractivity contribution is 0.308. The fourth-order valence-corrected chi connectivity index (χ4v) is 3.58. The van der Waals surface area contributed by atoms with Gasteiger partial charge in [-0.05, 0) is 83.0 Å². The first-order valence-electron chi connectivity index (χ1n) is 7.74. The van der Waals surface area contributed by atoms with Gasteiger partial charge in [-0.15, -0.1) is 0 Å². The average molecular weight is 394 g/mol. The molecule has 0 aliphatic heterocycles. The lowest BCUT2D eigenvalue weighted by atomic mass is 9.75. The molecule has 0 bridgehead atoms. The van der Waals surface area contributed by atoms with Gasteiger partial charge in [0.2, 0.25) is 0 Å². The van der Waals surface area contributed by atoms with E-state index in [9.17, 15) is 0 Å². The van der Waals surface area contributed by atoms with Gasteiger partial charge in [-0.1, -0.05) is 27.7 Å². The molecule has 0 N–H and O–H groups in total. The standard InChI is InChI=1S/C18H23IN2/c1-12(2)17-15-9-10-18(3,4)11-16(15)21(20-17)14-7-5-13(19)6-8-14/h5-8,12H,9-11H2,1-4H3. The van der Waals surface area contributed by atoms with Crippen molar-refractivity contribution >= 4 is 22.6 Å². The highest BCUT2D eigenvalue weighted by molar-refractivity contribution is 14.1. The summed E-state index contributed by atoms with van der Waals surface area (Å²) in [6.45, 7) is 9.24. The maximum atomic E-state index is 4.97. The molecule has 1 heterocycles. The monoisotopic (exact) mass is 394 g/mol. The van der Waals surface area contributed by atoms with Crippen molar-refractivity contribution in [3.8, 4) is 5.69 Å². The van der Waals surface area contributed by atoms with Crippen molar-refractivity contribution in [3.63, 3.8) is 0 Å². The smallest absolute Gasteiger partial charge is 0.0689 e. The third-order valence-corrected chi connectivity index (χ3v) is 5.16. The predicted octanol–water partition coefficient (Wildman–Crippen LogP) is 5.12. The highest BCUT2D eigenvalue weighted by Gasteiger charge is 2.31. The molecule has 112 valence electrons. The second kappa shape index (κ2) is 5.41. The number of hydrogen-bond acceptors (Lipinski definition) is 1. The van der Waals surface area contributed by atoms with E-state index in [1.54, 1.807) is 0 Å². The predicted molar refractivity (Wildman–Crippen MR) is 96.2 cm³/mol. The van der Waals surface area contributed by atoms with Gasteiger partial charge in [0, 0.05) is 9.26 Å². The fraction of sp³-hybridized carbons (Fsp3) is 0.500. The van der Waals surface area contributed by atoms with E-state index in [0.29, 0.717) is 11.3 Å². The van der Waals surface area contributed by atoms with Gasteiger partial charge in [0.05, 0.1) is 11.4 Å². The highest BCUT2D eigenvalue weighted by Crippen LogP contribution is 2.38. The number of aromatic nitrogens is 2. The number of hydrogen-bond donors (Lipinski definition) is 0. The van der Waals surface area contributed by atoms with Crippen LogP contribution in [0, 0.1) is 8.99 Å². The second-order valence-corrected chi connectivity index (χ2v) is 8.44. The Kier molecular flexibility index (Phi) is 3.89. The molecule has 0 atom stereocenters. The zero-order chi connectivity index (χ0) is 15.2. The minimum Gasteiger partial charge on any atom is -0.237 e. The van der Waals surface area contributed by atoms with Crippen LogP contribution in [-0.4, -0.2) is 9.78 Å². The minimum absolute atomic E-state index is 0.377. The third-order valence-electron chi connectivity index (χ3n) is 4.44. The molecule has 0 spiro atoms. The van der Waals surface area contributed by atoms with Crippen molar-refractivity contribution < 1.29 is 0 Å². The van der Waals surface area contributed by atoms with Crippen LogP contribution in [-0.2, 0) is 12.8 Å². The summed E-state index contributed by atoms with van der Waals surface area (Å²) in [5.74, 6) is 0.491. The van der Waals surface area contributed by atoms with Gasteiger partial charge in [0.25, 0.3) is 0 Å². The van der Waals surface area contributed by atoms with Crippen LogP contribution in [0.4, 0.5) is 0 Å². The Morgan fingerprint density at radius 1 is 1.19 bits per heavy atom. The Morgan fingerprint density at radius 3 is 2.48 bits per heavy atom. The summed E-state index contributed by atoms with van der Waals surface area (Å²) in [4.78, 5) is 0. The van der Waals surface area contributed by atoms with E-state index >= 15 is 0 Å². The van der Waals surface area contributed by atoms with Gasteiger partial charge in [-0.3, -0.25) is 0 Å². The van der Waals surface area contributed by atoms with Crippen LogP contribution in [0.25, 0.3) is 5.69 Å². The Balaban J connectivity index is 2.14. The molecule has 0 unspecified atom stereocenters. The number of rotatable bonds is 2. The summed E-state index contributed by atoms with van der Waals surface area (Å²) in [6, 6.07) is 8.68. The SMILES string of the molecule is CC(C)c1nn(-c2ccc(I)cc2)c2c1CCC(C)(C)C2. The van der Waals surface area contributed by atoms with Gasteiger partial charge in [0.1, 0.15) is 0 Å². The molecule has 1 aliphatic carbocycles. The number of nitrogens with zero attached hydrogens (tertiary/aromatic N) is 2. The third kappa shape index (κ3) is 2.89. The molecule has 0 saturated heterocycles. The molecule has 1 aromatic heterocycles. The highest BCUT2D eigenvalue weighted by atomic mass is 127. The summed E-state index contributed by atoms with van der Waals surface area (Å²) in [7, 11) is 0. The zero-order valence-electron chi connectivity index (χ0n) is 13.3. The molecule has 0 radical (unpaired) electrons. The molecular formula is C18H23IN2. The molecule has 0 saturated carbocycles. The summed E-state index contributed by atoms with van der Waals surface area (Å²) in [5, 5.41) is 4.97. The normalized spacial score (nSPS) is 17.0. The number of fused-ring (bicyclic) bond motifs is 1. The first-order valence-corrected chi connectivity index (χ1v) is 8.82. The van der Waals surface area contributed by atoms with Crippen molar-refractivity contribution in [2.45, 2.75) is 52.9 Å². The first kappa shape index (κ1) is 15.1. The quantitative estimate of drug-likeness (QED) is 0.647. The maximum Gasteiger partial charge on any atom is 0.0689 e. The molecule has 2 nitrogen and oxygen atoms in total. The Morgan fingerprint density at radius 2 is 1.86 bits per heavy atom. The second-order valence-electron chi connectivity index (χ2n) is 7.19. The summed E-state index contributed by atoms with van der Waals surface area (Å²) < 4.78 is 3.46. The summed E-state index contributed by atoms with van der Waals surface area (Å²) in [6.07, 6.45) is 3.55. The van der Waals surface area contributed by atoms with E-state index in [1.165, 1.54) is 39.1 Å². The van der Waals surface area contributed by atoms with Crippen molar-refractivity contribution in [2.75, 3.05) is 0 Å². The van der Waals surface area contributed by atoms with Crippen LogP contribution in [0.2, 0.25) is 0 Å². The van der Waals surface area contributed by atoms with E-state index in [2.05, 4.69) is 79.2 Å². The minimum atomic E-state index is 0.377. The van der Waals surface area contributed by atoms with Gasteiger partial charge < -0.3 is 0 Å². The van der Waals surface area contributed by atoms with Gasteiger partial charge in [0.15, 0.2) is 0 Å². The van der Waals surface area contributed by atoms with E-state index in [-0.39, 0.29) is 0 Å². The molecule has 2 aromatic rings. The Hall–Kier alpha value is -0.840. The van der Waals surface area contributed by atoms with Crippen LogP contribution < -0.4 is 0 Å². The van der Waals surface area contributed by atoms with E-state index in [1.807, 2.05) is 0 Å². The van der Waals surface area contributed by atoms with E-state index < -0.39 is 0 Å². The molecule has 1 aliphatic rings. The van der Waals surface area contributed by atoms with Crippen molar-refractivity contribution in [1.82, 2.24) is 9.78 Å². The number of benzene rings is 1. The molecule has 21 heavy (non-hydrogen) atoms. The molecule has 3 rings (SSSR count). The summed E-state index contributed by atoms with van der Waals surface area (Å²) >= 11 is 2.35. The maximum absolute atomic E-state index is 4.97. The van der Waals surface area contributed by atoms with Crippen LogP contribution in [0.5, 0.6) is 0 Å². The lowest BCUT2D eigenvalue weighted by Crippen LogP contribution is -2.24. The van der Waals surface area contributed by atoms with Crippen LogP contribution in [0.1, 0.15) is 57.0 Å². The first-order chi connectivity index (χ1) is 9.87. The van der Waals surface area contributed by atoms with Gasteiger partial charge >= 0.3 is 0 Å². The van der Waals surface area contributed by atoms with Crippen molar-refractivity contribution in [2.24, 2.45) is 5.41 Å². The van der Waals surface area contributed by atoms with Crippen molar-refractivity contribution in [1.29, 1.82) is 0 Å². The lowest BCUT2D eigenvalue weighted by Gasteiger charge is -2.30. The van der Waals surface area contributed by atoms with Crippen LogP contribution >= 0.6 is 22.6 Å². The largest absolute Gasteiger partial charge is 0.237 e. The van der Waals surface area contributed by atoms with Crippen LogP contribution in [0.3, 0.4) is 0 Å². The topological polar surface area (TPSA) is 17.8 Å². The Bertz CT molecular complexity index is 651. The van der Waals surface area contributed by atoms with Gasteiger partial charge in [-0.25, -0.2) is 4.68 Å². The molecule has 0 fully saturated rings. The van der Waals surface area contributed by atoms with Gasteiger partial charge in [-0.2, -0.15) is 5.10 Å². The molecule has 3 heteroatoms. The Labute approximate surface area is 141 Å². The fourth-order valence-electron chi connectivity index (χ4n) is 3.22. The average Bonchev–Trinajstić information content (AvgIpc) is 2.77. The zero-order valence-corrected chi connectivity index (χ0v) is 15.4.